The van der Waals surface area contributed by atoms with E-state index in [1.54, 1.807) is 0 Å². The Morgan fingerprint density at radius 1 is 1.27 bits per heavy atom. The van der Waals surface area contributed by atoms with Gasteiger partial charge in [-0.15, -0.1) is 0 Å². The topological polar surface area (TPSA) is 66.5 Å². The molecule has 0 radical (unpaired) electrons. The van der Waals surface area contributed by atoms with Crippen LogP contribution in [0.4, 0.5) is 10.5 Å². The van der Waals surface area contributed by atoms with Crippen molar-refractivity contribution >= 4 is 57.7 Å². The van der Waals surface area contributed by atoms with E-state index in [-0.39, 0.29) is 16.9 Å². The van der Waals surface area contributed by atoms with Gasteiger partial charge in [-0.3, -0.25) is 14.4 Å². The molecule has 1 aliphatic rings. The van der Waals surface area contributed by atoms with Gasteiger partial charge in [0.2, 0.25) is 5.91 Å². The van der Waals surface area contributed by atoms with Gasteiger partial charge in [0.15, 0.2) is 0 Å². The van der Waals surface area contributed by atoms with E-state index in [0.717, 1.165) is 16.7 Å². The third kappa shape index (κ3) is 3.94. The molecule has 1 aliphatic heterocycles. The quantitative estimate of drug-likeness (QED) is 0.838. The van der Waals surface area contributed by atoms with Crippen molar-refractivity contribution in [3.63, 3.8) is 0 Å². The first-order valence-corrected chi connectivity index (χ1v) is 8.21. The van der Waals surface area contributed by atoms with Crippen LogP contribution in [0.5, 0.6) is 0 Å². The van der Waals surface area contributed by atoms with Crippen LogP contribution in [0.15, 0.2) is 18.2 Å². The van der Waals surface area contributed by atoms with Crippen molar-refractivity contribution in [2.75, 3.05) is 4.90 Å². The summed E-state index contributed by atoms with van der Waals surface area (Å²) in [6, 6.07) is 3.62. The van der Waals surface area contributed by atoms with Crippen molar-refractivity contribution in [3.8, 4) is 0 Å². The number of nitrogens with zero attached hydrogens (tertiary/aromatic N) is 1. The standard InChI is InChI=1S/C14H14Cl2N2O3S/c1-7(2)22-14(21)17-11-6-12(19)18(13(11)20)10-4-8(15)3-9(16)5-10/h3-5,7,11H,6H2,1-2H3,(H,17,21). The Bertz CT molecular complexity index is 616. The Labute approximate surface area is 142 Å². The molecule has 1 fully saturated rings. The smallest absolute Gasteiger partial charge is 0.279 e. The summed E-state index contributed by atoms with van der Waals surface area (Å²) in [6.45, 7) is 3.73. The number of amides is 3. The highest BCUT2D eigenvalue weighted by atomic mass is 35.5. The molecule has 118 valence electrons. The van der Waals surface area contributed by atoms with Crippen LogP contribution >= 0.6 is 35.0 Å². The first-order chi connectivity index (χ1) is 10.3. The molecule has 0 aromatic heterocycles. The second kappa shape index (κ2) is 6.89. The first kappa shape index (κ1) is 17.1. The van der Waals surface area contributed by atoms with Crippen molar-refractivity contribution in [3.05, 3.63) is 28.2 Å². The minimum absolute atomic E-state index is 0.0760. The fourth-order valence-electron chi connectivity index (χ4n) is 2.07. The van der Waals surface area contributed by atoms with Crippen LogP contribution in [-0.4, -0.2) is 28.3 Å². The van der Waals surface area contributed by atoms with Gasteiger partial charge in [-0.1, -0.05) is 48.8 Å². The Kier molecular flexibility index (Phi) is 5.36. The number of halogens is 2. The average molecular weight is 361 g/mol. The zero-order valence-electron chi connectivity index (χ0n) is 11.9. The number of thioether (sulfide) groups is 1. The Morgan fingerprint density at radius 2 is 1.86 bits per heavy atom. The van der Waals surface area contributed by atoms with Gasteiger partial charge in [0, 0.05) is 15.3 Å². The molecule has 0 aliphatic carbocycles. The van der Waals surface area contributed by atoms with Crippen molar-refractivity contribution in [1.82, 2.24) is 5.32 Å². The van der Waals surface area contributed by atoms with E-state index in [1.807, 2.05) is 13.8 Å². The van der Waals surface area contributed by atoms with E-state index >= 15 is 0 Å². The molecule has 5 nitrogen and oxygen atoms in total. The first-order valence-electron chi connectivity index (χ1n) is 6.58. The second-order valence-corrected chi connectivity index (χ2v) is 7.47. The lowest BCUT2D eigenvalue weighted by Crippen LogP contribution is -2.40. The third-order valence-corrected chi connectivity index (χ3v) is 4.13. The van der Waals surface area contributed by atoms with Crippen LogP contribution in [0.2, 0.25) is 10.0 Å². The van der Waals surface area contributed by atoms with Gasteiger partial charge in [0.05, 0.1) is 12.1 Å². The SMILES string of the molecule is CC(C)SC(=O)NC1CC(=O)N(c2cc(Cl)cc(Cl)c2)C1=O. The van der Waals surface area contributed by atoms with Crippen LogP contribution in [0, 0.1) is 0 Å². The van der Waals surface area contributed by atoms with E-state index in [0.29, 0.717) is 15.7 Å². The molecule has 0 saturated carbocycles. The van der Waals surface area contributed by atoms with Gasteiger partial charge in [0.1, 0.15) is 6.04 Å². The summed E-state index contributed by atoms with van der Waals surface area (Å²) < 4.78 is 0. The minimum Gasteiger partial charge on any atom is -0.335 e. The van der Waals surface area contributed by atoms with Crippen LogP contribution < -0.4 is 10.2 Å². The molecule has 1 N–H and O–H groups in total. The number of nitrogens with one attached hydrogen (secondary N) is 1. The normalized spacial score (nSPS) is 18.2. The third-order valence-electron chi connectivity index (χ3n) is 2.89. The van der Waals surface area contributed by atoms with Crippen molar-refractivity contribution < 1.29 is 14.4 Å². The highest BCUT2D eigenvalue weighted by Crippen LogP contribution is 2.29. The van der Waals surface area contributed by atoms with Crippen molar-refractivity contribution in [2.24, 2.45) is 0 Å². The zero-order valence-corrected chi connectivity index (χ0v) is 14.3. The molecule has 0 bridgehead atoms. The summed E-state index contributed by atoms with van der Waals surface area (Å²) in [4.78, 5) is 37.2. The summed E-state index contributed by atoms with van der Waals surface area (Å²) >= 11 is 12.9. The van der Waals surface area contributed by atoms with Crippen molar-refractivity contribution in [2.45, 2.75) is 31.6 Å². The Balaban J connectivity index is 2.16. The van der Waals surface area contributed by atoms with Gasteiger partial charge in [0.25, 0.3) is 11.1 Å². The van der Waals surface area contributed by atoms with E-state index in [4.69, 9.17) is 23.2 Å². The molecular formula is C14H14Cl2N2O3S. The van der Waals surface area contributed by atoms with E-state index in [9.17, 15) is 14.4 Å². The largest absolute Gasteiger partial charge is 0.335 e. The predicted molar refractivity (Wildman–Crippen MR) is 88.6 cm³/mol. The molecule has 0 spiro atoms. The van der Waals surface area contributed by atoms with Crippen LogP contribution in [0.1, 0.15) is 20.3 Å². The molecule has 1 heterocycles. The molecule has 1 unspecified atom stereocenters. The molecule has 1 aromatic rings. The van der Waals surface area contributed by atoms with Crippen LogP contribution in [0.3, 0.4) is 0 Å². The highest BCUT2D eigenvalue weighted by molar-refractivity contribution is 8.14. The van der Waals surface area contributed by atoms with Gasteiger partial charge in [-0.05, 0) is 18.2 Å². The zero-order chi connectivity index (χ0) is 16.4. The molecule has 2 rings (SSSR count). The molecule has 3 amide bonds. The number of hydrogen-bond donors (Lipinski definition) is 1. The van der Waals surface area contributed by atoms with E-state index in [2.05, 4.69) is 5.32 Å². The number of carbonyl (C=O) groups is 3. The molecule has 8 heteroatoms. The maximum Gasteiger partial charge on any atom is 0.279 e. The monoisotopic (exact) mass is 360 g/mol. The Morgan fingerprint density at radius 3 is 2.41 bits per heavy atom. The Hall–Kier alpha value is -1.24. The summed E-state index contributed by atoms with van der Waals surface area (Å²) in [7, 11) is 0. The number of benzene rings is 1. The molecule has 1 saturated heterocycles. The maximum atomic E-state index is 12.4. The summed E-state index contributed by atoms with van der Waals surface area (Å²) in [5.74, 6) is -0.885. The fourth-order valence-corrected chi connectivity index (χ4v) is 3.23. The summed E-state index contributed by atoms with van der Waals surface area (Å²) in [6.07, 6.45) is -0.0760. The molecular weight excluding hydrogens is 347 g/mol. The molecule has 1 aromatic carbocycles. The van der Waals surface area contributed by atoms with Gasteiger partial charge in [-0.25, -0.2) is 4.90 Å². The summed E-state index contributed by atoms with van der Waals surface area (Å²) in [5, 5.41) is 2.98. The number of carbonyl (C=O) groups excluding carboxylic acids is 3. The number of hydrogen-bond acceptors (Lipinski definition) is 4. The van der Waals surface area contributed by atoms with Crippen LogP contribution in [-0.2, 0) is 9.59 Å². The van der Waals surface area contributed by atoms with Gasteiger partial charge >= 0.3 is 0 Å². The van der Waals surface area contributed by atoms with Gasteiger partial charge in [-0.2, -0.15) is 0 Å². The number of rotatable bonds is 3. The number of anilines is 1. The number of imide groups is 1. The van der Waals surface area contributed by atoms with E-state index in [1.165, 1.54) is 18.2 Å². The van der Waals surface area contributed by atoms with Gasteiger partial charge < -0.3 is 5.32 Å². The fraction of sp³-hybridized carbons (Fsp3) is 0.357. The highest BCUT2D eigenvalue weighted by Gasteiger charge is 2.40. The van der Waals surface area contributed by atoms with E-state index < -0.39 is 17.9 Å². The lowest BCUT2D eigenvalue weighted by molar-refractivity contribution is -0.121. The second-order valence-electron chi connectivity index (χ2n) is 5.05. The molecule has 22 heavy (non-hydrogen) atoms. The lowest BCUT2D eigenvalue weighted by Gasteiger charge is -2.16. The summed E-state index contributed by atoms with van der Waals surface area (Å²) in [5.41, 5.74) is 0.306. The lowest BCUT2D eigenvalue weighted by atomic mass is 10.2. The maximum absolute atomic E-state index is 12.4. The molecule has 1 atom stereocenters. The minimum atomic E-state index is -0.857. The van der Waals surface area contributed by atoms with Crippen LogP contribution in [0.25, 0.3) is 0 Å². The van der Waals surface area contributed by atoms with Crippen molar-refractivity contribution in [1.29, 1.82) is 0 Å². The average Bonchev–Trinajstić information content (AvgIpc) is 2.61. The predicted octanol–water partition coefficient (Wildman–Crippen LogP) is 3.48.